The molecule has 0 radical (unpaired) electrons. The Labute approximate surface area is 178 Å². The number of nitrogens with two attached hydrogens (primary N) is 2. The molecule has 0 aliphatic rings. The first kappa shape index (κ1) is 25.4. The molecule has 1 aromatic carbocycles. The Balaban J connectivity index is 2.59. The monoisotopic (exact) mass is 437 g/mol. The molecule has 4 amide bonds. The third-order valence-electron chi connectivity index (χ3n) is 4.21. The van der Waals surface area contributed by atoms with E-state index >= 15 is 0 Å². The van der Waals surface area contributed by atoms with Crippen molar-refractivity contribution in [2.24, 2.45) is 11.5 Å². The van der Waals surface area contributed by atoms with Crippen molar-refractivity contribution in [2.75, 3.05) is 6.54 Å². The van der Waals surface area contributed by atoms with Gasteiger partial charge in [-0.15, -0.1) is 0 Å². The lowest BCUT2D eigenvalue weighted by Gasteiger charge is -2.20. The molecule has 0 aliphatic heterocycles. The molecular weight excluding hydrogens is 410 g/mol. The maximum absolute atomic E-state index is 12.2. The van der Waals surface area contributed by atoms with Gasteiger partial charge in [0.1, 0.15) is 17.8 Å². The SMILES string of the molecule is CC(NC(=O)C(CCC(N)=O)NC(=O)CNC(=O)C(N)Cc1ccc(O)cc1)C(=O)O. The van der Waals surface area contributed by atoms with Gasteiger partial charge in [-0.1, -0.05) is 12.1 Å². The summed E-state index contributed by atoms with van der Waals surface area (Å²) < 4.78 is 0. The number of aliphatic carboxylic acids is 1. The zero-order chi connectivity index (χ0) is 23.6. The summed E-state index contributed by atoms with van der Waals surface area (Å²) in [4.78, 5) is 58.3. The first-order valence-electron chi connectivity index (χ1n) is 9.41. The highest BCUT2D eigenvalue weighted by Crippen LogP contribution is 2.10. The van der Waals surface area contributed by atoms with E-state index in [2.05, 4.69) is 16.0 Å². The van der Waals surface area contributed by atoms with Gasteiger partial charge in [0.25, 0.3) is 0 Å². The largest absolute Gasteiger partial charge is 0.508 e. The normalized spacial score (nSPS) is 13.4. The molecule has 3 unspecified atom stereocenters. The summed E-state index contributed by atoms with van der Waals surface area (Å²) in [7, 11) is 0. The zero-order valence-corrected chi connectivity index (χ0v) is 17.0. The van der Waals surface area contributed by atoms with Gasteiger partial charge in [-0.25, -0.2) is 0 Å². The Morgan fingerprint density at radius 1 is 1.03 bits per heavy atom. The van der Waals surface area contributed by atoms with Crippen LogP contribution in [0.2, 0.25) is 0 Å². The van der Waals surface area contributed by atoms with Crippen LogP contribution in [0.4, 0.5) is 0 Å². The summed E-state index contributed by atoms with van der Waals surface area (Å²) in [6, 6.07) is 2.74. The predicted octanol–water partition coefficient (Wildman–Crippen LogP) is -2.28. The number of carbonyl (C=O) groups is 5. The zero-order valence-electron chi connectivity index (χ0n) is 17.0. The number of carbonyl (C=O) groups excluding carboxylic acids is 4. The van der Waals surface area contributed by atoms with Gasteiger partial charge in [0.15, 0.2) is 0 Å². The predicted molar refractivity (Wildman–Crippen MR) is 108 cm³/mol. The molecule has 1 rings (SSSR count). The van der Waals surface area contributed by atoms with Gasteiger partial charge in [0.05, 0.1) is 12.6 Å². The van der Waals surface area contributed by atoms with E-state index in [4.69, 9.17) is 16.6 Å². The Morgan fingerprint density at radius 2 is 1.65 bits per heavy atom. The van der Waals surface area contributed by atoms with Gasteiger partial charge in [-0.2, -0.15) is 0 Å². The standard InChI is InChI=1S/C19H27N5O7/c1-10(19(30)31)23-18(29)14(6-7-15(21)26)24-16(27)9-22-17(28)13(20)8-11-2-4-12(25)5-3-11/h2-5,10,13-14,25H,6-9,20H2,1H3,(H2,21,26)(H,22,28)(H,23,29)(H,24,27)(H,30,31). The van der Waals surface area contributed by atoms with Crippen LogP contribution in [0.3, 0.4) is 0 Å². The minimum Gasteiger partial charge on any atom is -0.508 e. The van der Waals surface area contributed by atoms with Crippen LogP contribution in [0.25, 0.3) is 0 Å². The number of rotatable bonds is 12. The molecule has 9 N–H and O–H groups in total. The number of nitrogens with one attached hydrogen (secondary N) is 3. The lowest BCUT2D eigenvalue weighted by Crippen LogP contribution is -2.53. The van der Waals surface area contributed by atoms with Gasteiger partial charge in [0.2, 0.25) is 23.6 Å². The van der Waals surface area contributed by atoms with Gasteiger partial charge >= 0.3 is 5.97 Å². The number of carboxylic acid groups (broad SMARTS) is 1. The van der Waals surface area contributed by atoms with Gasteiger partial charge in [0, 0.05) is 6.42 Å². The number of aromatic hydroxyl groups is 1. The third kappa shape index (κ3) is 9.58. The van der Waals surface area contributed by atoms with Gasteiger partial charge in [-0.05, 0) is 37.5 Å². The number of hydrogen-bond acceptors (Lipinski definition) is 7. The number of primary amides is 1. The van der Waals surface area contributed by atoms with E-state index in [1.807, 2.05) is 0 Å². The van der Waals surface area contributed by atoms with Crippen LogP contribution in [-0.2, 0) is 30.4 Å². The molecule has 170 valence electrons. The van der Waals surface area contributed by atoms with E-state index in [-0.39, 0.29) is 25.0 Å². The first-order chi connectivity index (χ1) is 14.5. The van der Waals surface area contributed by atoms with Crippen LogP contribution < -0.4 is 27.4 Å². The Morgan fingerprint density at radius 3 is 2.19 bits per heavy atom. The van der Waals surface area contributed by atoms with Gasteiger partial charge < -0.3 is 37.6 Å². The molecule has 0 saturated heterocycles. The molecule has 31 heavy (non-hydrogen) atoms. The fourth-order valence-electron chi connectivity index (χ4n) is 2.45. The highest BCUT2D eigenvalue weighted by molar-refractivity contribution is 5.92. The van der Waals surface area contributed by atoms with E-state index in [1.54, 1.807) is 12.1 Å². The fourth-order valence-corrected chi connectivity index (χ4v) is 2.45. The third-order valence-corrected chi connectivity index (χ3v) is 4.21. The Kier molecular flexibility index (Phi) is 9.92. The maximum Gasteiger partial charge on any atom is 0.325 e. The molecule has 0 heterocycles. The van der Waals surface area contributed by atoms with Gasteiger partial charge in [-0.3, -0.25) is 24.0 Å². The fraction of sp³-hybridized carbons (Fsp3) is 0.421. The van der Waals surface area contributed by atoms with Crippen LogP contribution in [-0.4, -0.2) is 64.5 Å². The summed E-state index contributed by atoms with van der Waals surface area (Å²) in [6.45, 7) is 0.750. The van der Waals surface area contributed by atoms with E-state index in [1.165, 1.54) is 19.1 Å². The van der Waals surface area contributed by atoms with E-state index in [0.717, 1.165) is 0 Å². The summed E-state index contributed by atoms with van der Waals surface area (Å²) in [5.41, 5.74) is 11.6. The summed E-state index contributed by atoms with van der Waals surface area (Å²) >= 11 is 0. The number of carboxylic acids is 1. The molecule has 0 spiro atoms. The molecule has 0 aliphatic carbocycles. The van der Waals surface area contributed by atoms with Crippen molar-refractivity contribution < 1.29 is 34.2 Å². The smallest absolute Gasteiger partial charge is 0.325 e. The number of benzene rings is 1. The summed E-state index contributed by atoms with van der Waals surface area (Å²) in [5, 5.41) is 25.0. The Bertz CT molecular complexity index is 812. The van der Waals surface area contributed by atoms with E-state index < -0.39 is 54.3 Å². The second-order valence-corrected chi connectivity index (χ2v) is 6.89. The highest BCUT2D eigenvalue weighted by atomic mass is 16.4. The number of phenols is 1. The topological polar surface area (TPSA) is 214 Å². The molecule has 0 saturated carbocycles. The molecule has 3 atom stereocenters. The minimum absolute atomic E-state index is 0.0751. The number of amides is 4. The van der Waals surface area contributed by atoms with Crippen molar-refractivity contribution in [1.29, 1.82) is 0 Å². The summed E-state index contributed by atoms with van der Waals surface area (Å²) in [5.74, 6) is -4.06. The van der Waals surface area contributed by atoms with Crippen LogP contribution in [0.15, 0.2) is 24.3 Å². The van der Waals surface area contributed by atoms with Crippen LogP contribution in [0.1, 0.15) is 25.3 Å². The second-order valence-electron chi connectivity index (χ2n) is 6.89. The van der Waals surface area contributed by atoms with Crippen LogP contribution in [0, 0.1) is 0 Å². The number of phenolic OH excluding ortho intramolecular Hbond substituents is 1. The molecule has 12 heteroatoms. The average Bonchev–Trinajstić information content (AvgIpc) is 2.70. The second kappa shape index (κ2) is 12.1. The van der Waals surface area contributed by atoms with Crippen molar-refractivity contribution in [3.63, 3.8) is 0 Å². The highest BCUT2D eigenvalue weighted by Gasteiger charge is 2.25. The molecule has 12 nitrogen and oxygen atoms in total. The lowest BCUT2D eigenvalue weighted by atomic mass is 10.1. The van der Waals surface area contributed by atoms with E-state index in [0.29, 0.717) is 5.56 Å². The van der Waals surface area contributed by atoms with Crippen molar-refractivity contribution in [3.8, 4) is 5.75 Å². The molecule has 0 aromatic heterocycles. The molecule has 0 bridgehead atoms. The molecule has 1 aromatic rings. The van der Waals surface area contributed by atoms with Crippen LogP contribution in [0.5, 0.6) is 5.75 Å². The van der Waals surface area contributed by atoms with Crippen molar-refractivity contribution >= 4 is 29.6 Å². The van der Waals surface area contributed by atoms with E-state index in [9.17, 15) is 29.1 Å². The van der Waals surface area contributed by atoms with Crippen molar-refractivity contribution in [1.82, 2.24) is 16.0 Å². The van der Waals surface area contributed by atoms with Crippen LogP contribution >= 0.6 is 0 Å². The average molecular weight is 437 g/mol. The van der Waals surface area contributed by atoms with Crippen molar-refractivity contribution in [2.45, 2.75) is 44.3 Å². The maximum atomic E-state index is 12.2. The number of hydrogen-bond donors (Lipinski definition) is 7. The quantitative estimate of drug-likeness (QED) is 0.189. The lowest BCUT2D eigenvalue weighted by molar-refractivity contribution is -0.141. The minimum atomic E-state index is -1.27. The first-order valence-corrected chi connectivity index (χ1v) is 9.41. The summed E-state index contributed by atoms with van der Waals surface area (Å²) in [6.07, 6.45) is -0.193. The van der Waals surface area contributed by atoms with Crippen molar-refractivity contribution in [3.05, 3.63) is 29.8 Å². The Hall–Kier alpha value is -3.67. The molecule has 0 fully saturated rings. The molecular formula is C19H27N5O7.